The van der Waals surface area contributed by atoms with Crippen LogP contribution in [0.1, 0.15) is 31.9 Å². The standard InChI is InChI=1S/C14H21N.ClH/c1-5-10-15-11-12-6-8-13(9-7-12)14(2,3)4;/h5-9,15H,1,10-11H2,2-4H3;1H. The van der Waals surface area contributed by atoms with Gasteiger partial charge in [0.2, 0.25) is 0 Å². The van der Waals surface area contributed by atoms with Gasteiger partial charge in [-0.05, 0) is 16.5 Å². The minimum Gasteiger partial charge on any atom is -0.309 e. The number of rotatable bonds is 4. The van der Waals surface area contributed by atoms with Crippen LogP contribution in [0, 0.1) is 0 Å². The highest BCUT2D eigenvalue weighted by molar-refractivity contribution is 5.85. The van der Waals surface area contributed by atoms with Crippen LogP contribution >= 0.6 is 12.4 Å². The summed E-state index contributed by atoms with van der Waals surface area (Å²) in [6, 6.07) is 8.81. The lowest BCUT2D eigenvalue weighted by molar-refractivity contribution is 0.589. The Bertz CT molecular complexity index is 309. The monoisotopic (exact) mass is 239 g/mol. The molecule has 16 heavy (non-hydrogen) atoms. The van der Waals surface area contributed by atoms with Crippen molar-refractivity contribution in [2.45, 2.75) is 32.7 Å². The molecule has 2 heteroatoms. The molecule has 1 N–H and O–H groups in total. The van der Waals surface area contributed by atoms with Gasteiger partial charge >= 0.3 is 0 Å². The number of hydrogen-bond donors (Lipinski definition) is 1. The predicted octanol–water partition coefficient (Wildman–Crippen LogP) is 3.68. The van der Waals surface area contributed by atoms with Crippen LogP contribution in [0.25, 0.3) is 0 Å². The van der Waals surface area contributed by atoms with Gasteiger partial charge in [-0.25, -0.2) is 0 Å². The van der Waals surface area contributed by atoms with Gasteiger partial charge in [-0.2, -0.15) is 0 Å². The molecule has 0 saturated heterocycles. The average molecular weight is 240 g/mol. The normalized spacial score (nSPS) is 10.7. The predicted molar refractivity (Wildman–Crippen MR) is 74.3 cm³/mol. The second-order valence-corrected chi connectivity index (χ2v) is 4.87. The van der Waals surface area contributed by atoms with Crippen LogP contribution in [0.15, 0.2) is 36.9 Å². The molecule has 0 aromatic heterocycles. The van der Waals surface area contributed by atoms with Crippen LogP contribution in [0.5, 0.6) is 0 Å². The van der Waals surface area contributed by atoms with E-state index in [-0.39, 0.29) is 17.8 Å². The van der Waals surface area contributed by atoms with Crippen molar-refractivity contribution in [3.05, 3.63) is 48.0 Å². The van der Waals surface area contributed by atoms with E-state index in [9.17, 15) is 0 Å². The molecule has 1 rings (SSSR count). The van der Waals surface area contributed by atoms with Gasteiger partial charge < -0.3 is 5.32 Å². The highest BCUT2D eigenvalue weighted by atomic mass is 35.5. The Morgan fingerprint density at radius 1 is 1.19 bits per heavy atom. The molecule has 0 spiro atoms. The average Bonchev–Trinajstić information content (AvgIpc) is 2.18. The van der Waals surface area contributed by atoms with Gasteiger partial charge in [0.05, 0.1) is 0 Å². The van der Waals surface area contributed by atoms with E-state index in [0.717, 1.165) is 13.1 Å². The Balaban J connectivity index is 0.00000225. The van der Waals surface area contributed by atoms with E-state index in [4.69, 9.17) is 0 Å². The molecule has 0 heterocycles. The fraction of sp³-hybridized carbons (Fsp3) is 0.429. The summed E-state index contributed by atoms with van der Waals surface area (Å²) in [5, 5.41) is 3.29. The minimum atomic E-state index is 0. The van der Waals surface area contributed by atoms with Crippen molar-refractivity contribution >= 4 is 12.4 Å². The van der Waals surface area contributed by atoms with E-state index in [1.54, 1.807) is 0 Å². The van der Waals surface area contributed by atoms with Gasteiger partial charge in [-0.1, -0.05) is 51.1 Å². The molecule has 0 fully saturated rings. The zero-order chi connectivity index (χ0) is 11.3. The van der Waals surface area contributed by atoms with Gasteiger partial charge in [-0.3, -0.25) is 0 Å². The lowest BCUT2D eigenvalue weighted by Gasteiger charge is -2.19. The van der Waals surface area contributed by atoms with Crippen LogP contribution in [-0.2, 0) is 12.0 Å². The zero-order valence-corrected chi connectivity index (χ0v) is 11.2. The second kappa shape index (κ2) is 6.72. The molecule has 1 aromatic rings. The molecule has 1 nitrogen and oxygen atoms in total. The first-order chi connectivity index (χ1) is 7.04. The van der Waals surface area contributed by atoms with Crippen molar-refractivity contribution in [3.8, 4) is 0 Å². The van der Waals surface area contributed by atoms with E-state index in [0.29, 0.717) is 0 Å². The molecule has 0 atom stereocenters. The number of benzene rings is 1. The number of halogens is 1. The Labute approximate surface area is 105 Å². The maximum atomic E-state index is 3.68. The number of nitrogens with one attached hydrogen (secondary N) is 1. The summed E-state index contributed by atoms with van der Waals surface area (Å²) < 4.78 is 0. The summed E-state index contributed by atoms with van der Waals surface area (Å²) in [5.74, 6) is 0. The largest absolute Gasteiger partial charge is 0.309 e. The summed E-state index contributed by atoms with van der Waals surface area (Å²) in [7, 11) is 0. The summed E-state index contributed by atoms with van der Waals surface area (Å²) in [6.07, 6.45) is 1.88. The molecule has 0 radical (unpaired) electrons. The molecule has 0 bridgehead atoms. The molecule has 0 saturated carbocycles. The van der Waals surface area contributed by atoms with Crippen LogP contribution in [0.4, 0.5) is 0 Å². The summed E-state index contributed by atoms with van der Waals surface area (Å²) in [6.45, 7) is 12.2. The molecular formula is C14H22ClN. The molecule has 0 aliphatic heterocycles. The lowest BCUT2D eigenvalue weighted by atomic mass is 9.87. The molecule has 0 aliphatic rings. The molecular weight excluding hydrogens is 218 g/mol. The van der Waals surface area contributed by atoms with Crippen molar-refractivity contribution in [2.75, 3.05) is 6.54 Å². The Morgan fingerprint density at radius 2 is 1.75 bits per heavy atom. The fourth-order valence-corrected chi connectivity index (χ4v) is 1.44. The van der Waals surface area contributed by atoms with Crippen molar-refractivity contribution in [1.82, 2.24) is 5.32 Å². The van der Waals surface area contributed by atoms with Crippen LogP contribution in [-0.4, -0.2) is 6.54 Å². The Morgan fingerprint density at radius 3 is 2.19 bits per heavy atom. The second-order valence-electron chi connectivity index (χ2n) is 4.87. The van der Waals surface area contributed by atoms with Crippen molar-refractivity contribution in [2.24, 2.45) is 0 Å². The van der Waals surface area contributed by atoms with Crippen molar-refractivity contribution in [1.29, 1.82) is 0 Å². The van der Waals surface area contributed by atoms with Gasteiger partial charge in [0.15, 0.2) is 0 Å². The van der Waals surface area contributed by atoms with E-state index in [1.165, 1.54) is 11.1 Å². The third-order valence-electron chi connectivity index (χ3n) is 2.44. The third-order valence-corrected chi connectivity index (χ3v) is 2.44. The summed E-state index contributed by atoms with van der Waals surface area (Å²) >= 11 is 0. The SMILES string of the molecule is C=CCNCc1ccc(C(C)(C)C)cc1.Cl. The van der Waals surface area contributed by atoms with E-state index >= 15 is 0 Å². The molecule has 0 aliphatic carbocycles. The van der Waals surface area contributed by atoms with Gasteiger partial charge in [0, 0.05) is 13.1 Å². The van der Waals surface area contributed by atoms with Gasteiger partial charge in [0.25, 0.3) is 0 Å². The zero-order valence-electron chi connectivity index (χ0n) is 10.4. The van der Waals surface area contributed by atoms with Crippen molar-refractivity contribution < 1.29 is 0 Å². The molecule has 90 valence electrons. The smallest absolute Gasteiger partial charge is 0.0208 e. The summed E-state index contributed by atoms with van der Waals surface area (Å²) in [4.78, 5) is 0. The topological polar surface area (TPSA) is 12.0 Å². The Hall–Kier alpha value is -0.790. The van der Waals surface area contributed by atoms with E-state index < -0.39 is 0 Å². The molecule has 1 aromatic carbocycles. The highest BCUT2D eigenvalue weighted by Gasteiger charge is 2.12. The minimum absolute atomic E-state index is 0. The van der Waals surface area contributed by atoms with Crippen LogP contribution in [0.3, 0.4) is 0 Å². The van der Waals surface area contributed by atoms with Crippen LogP contribution < -0.4 is 5.32 Å². The first-order valence-corrected chi connectivity index (χ1v) is 5.45. The van der Waals surface area contributed by atoms with Crippen molar-refractivity contribution in [3.63, 3.8) is 0 Å². The first-order valence-electron chi connectivity index (χ1n) is 5.45. The van der Waals surface area contributed by atoms with Crippen LogP contribution in [0.2, 0.25) is 0 Å². The first kappa shape index (κ1) is 15.2. The lowest BCUT2D eigenvalue weighted by Crippen LogP contribution is -2.14. The fourth-order valence-electron chi connectivity index (χ4n) is 1.44. The maximum Gasteiger partial charge on any atom is 0.0208 e. The summed E-state index contributed by atoms with van der Waals surface area (Å²) in [5.41, 5.74) is 2.95. The van der Waals surface area contributed by atoms with E-state index in [2.05, 4.69) is 56.9 Å². The number of hydrogen-bond acceptors (Lipinski definition) is 1. The molecule has 0 unspecified atom stereocenters. The Kier molecular flexibility index (Phi) is 6.39. The van der Waals surface area contributed by atoms with Gasteiger partial charge in [-0.15, -0.1) is 19.0 Å². The van der Waals surface area contributed by atoms with E-state index in [1.807, 2.05) is 6.08 Å². The maximum absolute atomic E-state index is 3.68. The molecule has 0 amide bonds. The highest BCUT2D eigenvalue weighted by Crippen LogP contribution is 2.21. The van der Waals surface area contributed by atoms with Gasteiger partial charge in [0.1, 0.15) is 0 Å². The quantitative estimate of drug-likeness (QED) is 0.624. The third kappa shape index (κ3) is 4.82.